The molecule has 2 rings (SSSR count). The number of amides is 1. The zero-order valence-electron chi connectivity index (χ0n) is 8.74. The average Bonchev–Trinajstić information content (AvgIpc) is 2.98. The molecule has 1 aliphatic carbocycles. The number of carboxylic acids is 1. The Balaban J connectivity index is 2.27. The van der Waals surface area contributed by atoms with Gasteiger partial charge >= 0.3 is 12.1 Å². The average molecular weight is 280 g/mol. The number of halogens is 3. The maximum absolute atomic E-state index is 12.5. The molecule has 1 amide bonds. The van der Waals surface area contributed by atoms with Gasteiger partial charge in [0.05, 0.1) is 0 Å². The molecule has 1 aromatic heterocycles. The van der Waals surface area contributed by atoms with E-state index in [1.54, 1.807) is 0 Å². The van der Waals surface area contributed by atoms with Crippen LogP contribution in [0.1, 0.15) is 28.2 Å². The molecule has 9 heteroatoms. The van der Waals surface area contributed by atoms with Crippen LogP contribution in [0.5, 0.6) is 0 Å². The highest BCUT2D eigenvalue weighted by molar-refractivity contribution is 7.17. The number of carbonyl (C=O) groups is 2. The minimum absolute atomic E-state index is 0.198. The number of carbonyl (C=O) groups excluding carboxylic acids is 1. The molecule has 0 radical (unpaired) electrons. The molecular formula is C9H7F3N2O3S. The largest absolute Gasteiger partial charge is 0.477 e. The number of alkyl halides is 3. The number of carboxylic acid groups (broad SMARTS) is 1. The van der Waals surface area contributed by atoms with E-state index in [-0.39, 0.29) is 11.0 Å². The second-order valence-electron chi connectivity index (χ2n) is 3.76. The van der Waals surface area contributed by atoms with E-state index in [1.807, 2.05) is 0 Å². The molecule has 98 valence electrons. The highest BCUT2D eigenvalue weighted by Crippen LogP contribution is 2.37. The van der Waals surface area contributed by atoms with E-state index in [9.17, 15) is 22.8 Å². The van der Waals surface area contributed by atoms with E-state index >= 15 is 0 Å². The van der Waals surface area contributed by atoms with Gasteiger partial charge in [-0.2, -0.15) is 13.2 Å². The zero-order valence-corrected chi connectivity index (χ0v) is 9.56. The van der Waals surface area contributed by atoms with Crippen molar-refractivity contribution in [2.45, 2.75) is 19.0 Å². The van der Waals surface area contributed by atoms with Crippen molar-refractivity contribution in [1.82, 2.24) is 4.98 Å². The van der Waals surface area contributed by atoms with Crippen LogP contribution in [0.15, 0.2) is 0 Å². The molecule has 0 bridgehead atoms. The number of thiazole rings is 1. The SMILES string of the molecule is O=C(O)c1sc(NC(=O)C2CC2)nc1C(F)(F)F. The smallest absolute Gasteiger partial charge is 0.435 e. The summed E-state index contributed by atoms with van der Waals surface area (Å²) in [6.45, 7) is 0. The standard InChI is InChI=1S/C9H7F3N2O3S/c10-9(11,12)5-4(7(16)17)18-8(13-5)14-6(15)3-1-2-3/h3H,1-2H2,(H,16,17)(H,13,14,15). The Labute approximate surface area is 103 Å². The van der Waals surface area contributed by atoms with Gasteiger partial charge < -0.3 is 10.4 Å². The zero-order chi connectivity index (χ0) is 13.5. The Kier molecular flexibility index (Phi) is 3.01. The summed E-state index contributed by atoms with van der Waals surface area (Å²) in [6, 6.07) is 0. The van der Waals surface area contributed by atoms with Crippen LogP contribution in [-0.2, 0) is 11.0 Å². The van der Waals surface area contributed by atoms with Crippen LogP contribution in [0, 0.1) is 5.92 Å². The van der Waals surface area contributed by atoms with E-state index in [2.05, 4.69) is 10.3 Å². The molecule has 1 saturated carbocycles. The number of aromatic carboxylic acids is 1. The lowest BCUT2D eigenvalue weighted by Gasteiger charge is -2.02. The fraction of sp³-hybridized carbons (Fsp3) is 0.444. The predicted octanol–water partition coefficient (Wildman–Crippen LogP) is 2.21. The monoisotopic (exact) mass is 280 g/mol. The van der Waals surface area contributed by atoms with Crippen molar-refractivity contribution in [2.24, 2.45) is 5.92 Å². The van der Waals surface area contributed by atoms with Gasteiger partial charge in [0.15, 0.2) is 10.8 Å². The van der Waals surface area contributed by atoms with Gasteiger partial charge in [-0.05, 0) is 12.8 Å². The van der Waals surface area contributed by atoms with Crippen LogP contribution in [0.2, 0.25) is 0 Å². The number of hydrogen-bond donors (Lipinski definition) is 2. The van der Waals surface area contributed by atoms with Crippen LogP contribution >= 0.6 is 11.3 Å². The summed E-state index contributed by atoms with van der Waals surface area (Å²) in [4.78, 5) is 24.2. The maximum Gasteiger partial charge on any atom is 0.435 e. The molecule has 1 fully saturated rings. The van der Waals surface area contributed by atoms with Gasteiger partial charge in [-0.1, -0.05) is 11.3 Å². The third-order valence-electron chi connectivity index (χ3n) is 2.27. The summed E-state index contributed by atoms with van der Waals surface area (Å²) in [5.74, 6) is -2.34. The Morgan fingerprint density at radius 1 is 1.39 bits per heavy atom. The Hall–Kier alpha value is -1.64. The minimum atomic E-state index is -4.85. The van der Waals surface area contributed by atoms with E-state index in [0.29, 0.717) is 24.2 Å². The van der Waals surface area contributed by atoms with Gasteiger partial charge in [-0.15, -0.1) is 0 Å². The molecule has 0 aliphatic heterocycles. The fourth-order valence-electron chi connectivity index (χ4n) is 1.26. The normalized spacial score (nSPS) is 15.5. The van der Waals surface area contributed by atoms with Gasteiger partial charge in [-0.25, -0.2) is 9.78 Å². The fourth-order valence-corrected chi connectivity index (χ4v) is 2.09. The third kappa shape index (κ3) is 2.61. The molecule has 1 heterocycles. The first-order valence-corrected chi connectivity index (χ1v) is 5.73. The van der Waals surface area contributed by atoms with Crippen molar-refractivity contribution in [3.05, 3.63) is 10.6 Å². The van der Waals surface area contributed by atoms with Crippen molar-refractivity contribution >= 4 is 28.3 Å². The number of nitrogens with zero attached hydrogens (tertiary/aromatic N) is 1. The van der Waals surface area contributed by atoms with E-state index in [1.165, 1.54) is 0 Å². The van der Waals surface area contributed by atoms with Gasteiger partial charge in [0.2, 0.25) is 5.91 Å². The predicted molar refractivity (Wildman–Crippen MR) is 55.4 cm³/mol. The number of aromatic nitrogens is 1. The highest BCUT2D eigenvalue weighted by Gasteiger charge is 2.40. The first-order valence-electron chi connectivity index (χ1n) is 4.91. The lowest BCUT2D eigenvalue weighted by atomic mass is 10.3. The van der Waals surface area contributed by atoms with Gasteiger partial charge in [0.1, 0.15) is 4.88 Å². The molecule has 0 unspecified atom stereocenters. The summed E-state index contributed by atoms with van der Waals surface area (Å²) >= 11 is 0.305. The molecule has 0 aromatic carbocycles. The Morgan fingerprint density at radius 3 is 2.39 bits per heavy atom. The second kappa shape index (κ2) is 4.23. The van der Waals surface area contributed by atoms with E-state index in [0.717, 1.165) is 0 Å². The van der Waals surface area contributed by atoms with Crippen LogP contribution in [0.3, 0.4) is 0 Å². The Bertz CT molecular complexity index is 508. The molecule has 1 aromatic rings. The van der Waals surface area contributed by atoms with Gasteiger partial charge in [0.25, 0.3) is 0 Å². The molecule has 0 atom stereocenters. The summed E-state index contributed by atoms with van der Waals surface area (Å²) in [5, 5.41) is 10.5. The first kappa shape index (κ1) is 12.8. The minimum Gasteiger partial charge on any atom is -0.477 e. The lowest BCUT2D eigenvalue weighted by Crippen LogP contribution is -2.14. The maximum atomic E-state index is 12.5. The van der Waals surface area contributed by atoms with Gasteiger partial charge in [-0.3, -0.25) is 4.79 Å². The van der Waals surface area contributed by atoms with Crippen molar-refractivity contribution < 1.29 is 27.9 Å². The molecule has 0 saturated heterocycles. The van der Waals surface area contributed by atoms with Crippen LogP contribution in [-0.4, -0.2) is 22.0 Å². The van der Waals surface area contributed by atoms with Gasteiger partial charge in [0, 0.05) is 5.92 Å². The number of nitrogens with one attached hydrogen (secondary N) is 1. The molecule has 5 nitrogen and oxygen atoms in total. The van der Waals surface area contributed by atoms with Crippen molar-refractivity contribution in [2.75, 3.05) is 5.32 Å². The number of rotatable bonds is 3. The topological polar surface area (TPSA) is 79.3 Å². The van der Waals surface area contributed by atoms with Crippen molar-refractivity contribution in [1.29, 1.82) is 0 Å². The van der Waals surface area contributed by atoms with Crippen molar-refractivity contribution in [3.8, 4) is 0 Å². The lowest BCUT2D eigenvalue weighted by molar-refractivity contribution is -0.141. The number of hydrogen-bond acceptors (Lipinski definition) is 4. The first-order chi connectivity index (χ1) is 8.29. The van der Waals surface area contributed by atoms with Crippen molar-refractivity contribution in [3.63, 3.8) is 0 Å². The summed E-state index contributed by atoms with van der Waals surface area (Å²) in [6.07, 6.45) is -3.48. The van der Waals surface area contributed by atoms with Crippen LogP contribution in [0.4, 0.5) is 18.3 Å². The highest BCUT2D eigenvalue weighted by atomic mass is 32.1. The second-order valence-corrected chi connectivity index (χ2v) is 4.76. The molecular weight excluding hydrogens is 273 g/mol. The summed E-state index contributed by atoms with van der Waals surface area (Å²) < 4.78 is 37.5. The summed E-state index contributed by atoms with van der Waals surface area (Å²) in [5.41, 5.74) is -1.48. The van der Waals surface area contributed by atoms with Crippen LogP contribution in [0.25, 0.3) is 0 Å². The molecule has 0 spiro atoms. The van der Waals surface area contributed by atoms with Crippen LogP contribution < -0.4 is 5.32 Å². The molecule has 1 aliphatic rings. The molecule has 18 heavy (non-hydrogen) atoms. The summed E-state index contributed by atoms with van der Waals surface area (Å²) in [7, 11) is 0. The molecule has 2 N–H and O–H groups in total. The Morgan fingerprint density at radius 2 is 2.00 bits per heavy atom. The quantitative estimate of drug-likeness (QED) is 0.889. The number of anilines is 1. The van der Waals surface area contributed by atoms with E-state index < -0.39 is 28.6 Å². The van der Waals surface area contributed by atoms with E-state index in [4.69, 9.17) is 5.11 Å². The third-order valence-corrected chi connectivity index (χ3v) is 3.23.